The molecule has 1 N–H and O–H groups in total. The molecule has 26 heavy (non-hydrogen) atoms. The fraction of sp³-hybridized carbons (Fsp3) is 0.700. The fourth-order valence-electron chi connectivity index (χ4n) is 6.80. The minimum absolute atomic E-state index is 0.0989. The second kappa shape index (κ2) is 5.15. The fourth-order valence-corrected chi connectivity index (χ4v) is 6.80. The maximum atomic E-state index is 11.9. The Morgan fingerprint density at radius 3 is 2.77 bits per heavy atom. The number of esters is 1. The number of rotatable bonds is 0. The summed E-state index contributed by atoms with van der Waals surface area (Å²) in [6.45, 7) is 4.39. The van der Waals surface area contributed by atoms with Crippen LogP contribution in [0.1, 0.15) is 46.0 Å². The predicted octanol–water partition coefficient (Wildman–Crippen LogP) is 2.01. The standard InChI is InChI=1S/C20H24B2O4/c1-18-7-5-12(23)9-11(18)3-4-13-16(18)14(24)10-19(2)17(13)21-22-20(19)8-6-15(25)26-20/h3-4,9,13-14,16-17,24H,5-8,10H2,1-2H3/t13?,14?,16?,17?,18?,19?,20-/m1/s1. The Balaban J connectivity index is 1.58. The molecule has 0 aromatic heterocycles. The van der Waals surface area contributed by atoms with E-state index < -0.39 is 11.6 Å². The molecule has 0 bridgehead atoms. The van der Waals surface area contributed by atoms with Crippen LogP contribution in [-0.4, -0.2) is 42.8 Å². The van der Waals surface area contributed by atoms with E-state index in [4.69, 9.17) is 4.74 Å². The molecule has 0 amide bonds. The van der Waals surface area contributed by atoms with E-state index in [2.05, 4.69) is 40.3 Å². The van der Waals surface area contributed by atoms with Crippen LogP contribution in [0.15, 0.2) is 23.8 Å². The third-order valence-corrected chi connectivity index (χ3v) is 8.25. The van der Waals surface area contributed by atoms with Gasteiger partial charge in [-0.3, -0.25) is 9.59 Å². The first kappa shape index (κ1) is 16.9. The van der Waals surface area contributed by atoms with Crippen molar-refractivity contribution in [3.05, 3.63) is 23.8 Å². The number of ketones is 1. The van der Waals surface area contributed by atoms with Gasteiger partial charge in [-0.25, -0.2) is 0 Å². The van der Waals surface area contributed by atoms with Gasteiger partial charge in [0, 0.05) is 18.8 Å². The zero-order valence-electron chi connectivity index (χ0n) is 15.4. The number of carbonyl (C=O) groups excluding carboxylic acids is 2. The summed E-state index contributed by atoms with van der Waals surface area (Å²) in [5.41, 5.74) is 0.0752. The van der Waals surface area contributed by atoms with Gasteiger partial charge >= 0.3 is 5.97 Å². The molecule has 134 valence electrons. The van der Waals surface area contributed by atoms with Gasteiger partial charge in [0.15, 0.2) is 5.78 Å². The van der Waals surface area contributed by atoms with Gasteiger partial charge in [0.25, 0.3) is 0 Å². The molecule has 1 saturated carbocycles. The van der Waals surface area contributed by atoms with E-state index in [1.807, 2.05) is 0 Å². The van der Waals surface area contributed by atoms with E-state index in [9.17, 15) is 14.7 Å². The van der Waals surface area contributed by atoms with Crippen molar-refractivity contribution in [1.29, 1.82) is 0 Å². The van der Waals surface area contributed by atoms with Crippen molar-refractivity contribution in [2.24, 2.45) is 22.7 Å². The molecule has 5 rings (SSSR count). The molecule has 2 heterocycles. The number of aliphatic hydroxyl groups excluding tert-OH is 1. The molecule has 2 radical (unpaired) electrons. The monoisotopic (exact) mass is 350 g/mol. The van der Waals surface area contributed by atoms with Gasteiger partial charge in [-0.1, -0.05) is 31.8 Å². The highest BCUT2D eigenvalue weighted by Gasteiger charge is 2.68. The minimum atomic E-state index is -0.561. The number of fused-ring (bicyclic) bond motifs is 6. The molecule has 1 spiro atoms. The second-order valence-corrected chi connectivity index (χ2v) is 9.38. The summed E-state index contributed by atoms with van der Waals surface area (Å²) in [5, 5.41) is 11.3. The van der Waals surface area contributed by atoms with Crippen LogP contribution >= 0.6 is 0 Å². The molecule has 7 atom stereocenters. The average molecular weight is 350 g/mol. The zero-order valence-corrected chi connectivity index (χ0v) is 15.4. The largest absolute Gasteiger partial charge is 0.469 e. The normalized spacial score (nSPS) is 51.7. The lowest BCUT2D eigenvalue weighted by molar-refractivity contribution is -0.158. The summed E-state index contributed by atoms with van der Waals surface area (Å²) < 4.78 is 5.84. The van der Waals surface area contributed by atoms with Gasteiger partial charge in [-0.15, -0.1) is 0 Å². The van der Waals surface area contributed by atoms with Gasteiger partial charge in [0.1, 0.15) is 7.17 Å². The van der Waals surface area contributed by atoms with Crippen molar-refractivity contribution in [3.8, 4) is 0 Å². The SMILES string of the molecule is CC12CCC(=O)C=C1C=CC1C2C(O)CC2(C)C1[B][B][C@@]21CCC(=O)O1. The van der Waals surface area contributed by atoms with Gasteiger partial charge < -0.3 is 9.84 Å². The minimum Gasteiger partial charge on any atom is -0.469 e. The Labute approximate surface area is 155 Å². The Morgan fingerprint density at radius 2 is 2.04 bits per heavy atom. The van der Waals surface area contributed by atoms with Crippen molar-refractivity contribution in [3.63, 3.8) is 0 Å². The smallest absolute Gasteiger partial charge is 0.305 e. The van der Waals surface area contributed by atoms with Crippen LogP contribution in [0.25, 0.3) is 0 Å². The summed E-state index contributed by atoms with van der Waals surface area (Å²) in [4.78, 5) is 23.8. The molecule has 2 aliphatic heterocycles. The number of hydrogen-bond donors (Lipinski definition) is 1. The Hall–Kier alpha value is -1.29. The van der Waals surface area contributed by atoms with Crippen LogP contribution in [0.5, 0.6) is 0 Å². The van der Waals surface area contributed by atoms with Crippen LogP contribution in [0.3, 0.4) is 0 Å². The Kier molecular flexibility index (Phi) is 3.34. The first-order chi connectivity index (χ1) is 12.3. The molecule has 3 fully saturated rings. The molecule has 3 aliphatic carbocycles. The number of ether oxygens (including phenoxy) is 1. The van der Waals surface area contributed by atoms with Crippen molar-refractivity contribution in [2.45, 2.75) is 63.4 Å². The highest BCUT2D eigenvalue weighted by molar-refractivity contribution is 7.04. The third kappa shape index (κ3) is 1.92. The van der Waals surface area contributed by atoms with Crippen LogP contribution in [0.2, 0.25) is 5.82 Å². The van der Waals surface area contributed by atoms with E-state index in [1.54, 1.807) is 6.08 Å². The van der Waals surface area contributed by atoms with Crippen molar-refractivity contribution >= 4 is 26.1 Å². The lowest BCUT2D eigenvalue weighted by atomic mass is 9.33. The van der Waals surface area contributed by atoms with Crippen molar-refractivity contribution in [1.82, 2.24) is 0 Å². The van der Waals surface area contributed by atoms with Crippen LogP contribution in [0, 0.1) is 22.7 Å². The lowest BCUT2D eigenvalue weighted by Crippen LogP contribution is -2.58. The van der Waals surface area contributed by atoms with Crippen molar-refractivity contribution < 1.29 is 19.4 Å². The summed E-state index contributed by atoms with van der Waals surface area (Å²) in [5.74, 6) is 0.605. The van der Waals surface area contributed by atoms with E-state index in [-0.39, 0.29) is 40.2 Å². The van der Waals surface area contributed by atoms with E-state index in [1.165, 1.54) is 0 Å². The Morgan fingerprint density at radius 1 is 1.23 bits per heavy atom. The lowest BCUT2D eigenvalue weighted by Gasteiger charge is -2.59. The second-order valence-electron chi connectivity index (χ2n) is 9.38. The number of aliphatic hydroxyl groups is 1. The molecule has 0 aromatic carbocycles. The van der Waals surface area contributed by atoms with Gasteiger partial charge in [0.05, 0.1) is 18.8 Å². The number of hydrogen-bond acceptors (Lipinski definition) is 4. The molecular weight excluding hydrogens is 326 g/mol. The molecule has 4 nitrogen and oxygen atoms in total. The number of carbonyl (C=O) groups is 2. The average Bonchev–Trinajstić information content (AvgIpc) is 3.09. The van der Waals surface area contributed by atoms with E-state index in [0.29, 0.717) is 25.7 Å². The highest BCUT2D eigenvalue weighted by atomic mass is 16.6. The molecule has 6 unspecified atom stereocenters. The molecule has 5 aliphatic rings. The molecule has 0 aromatic rings. The van der Waals surface area contributed by atoms with Gasteiger partial charge in [-0.2, -0.15) is 0 Å². The highest BCUT2D eigenvalue weighted by Crippen LogP contribution is 2.67. The topological polar surface area (TPSA) is 63.6 Å². The maximum Gasteiger partial charge on any atom is 0.305 e. The van der Waals surface area contributed by atoms with Crippen LogP contribution in [0.4, 0.5) is 0 Å². The van der Waals surface area contributed by atoms with Crippen molar-refractivity contribution in [2.75, 3.05) is 0 Å². The first-order valence-corrected chi connectivity index (χ1v) is 9.82. The summed E-state index contributed by atoms with van der Waals surface area (Å²) in [6, 6.07) is 0. The Bertz CT molecular complexity index is 761. The first-order valence-electron chi connectivity index (χ1n) is 9.82. The number of allylic oxidation sites excluding steroid dienone is 4. The van der Waals surface area contributed by atoms with E-state index in [0.717, 1.165) is 12.0 Å². The summed E-state index contributed by atoms with van der Waals surface area (Å²) >= 11 is 0. The van der Waals surface area contributed by atoms with E-state index >= 15 is 0 Å². The predicted molar refractivity (Wildman–Crippen MR) is 98.6 cm³/mol. The molecule has 6 heteroatoms. The molecule has 2 saturated heterocycles. The van der Waals surface area contributed by atoms with Crippen LogP contribution < -0.4 is 0 Å². The van der Waals surface area contributed by atoms with Gasteiger partial charge in [-0.05, 0) is 47.7 Å². The summed E-state index contributed by atoms with van der Waals surface area (Å²) in [7, 11) is 4.34. The maximum absolute atomic E-state index is 11.9. The van der Waals surface area contributed by atoms with Gasteiger partial charge in [0.2, 0.25) is 0 Å². The third-order valence-electron chi connectivity index (χ3n) is 8.25. The molecular formula is C20H24B2O4. The van der Waals surface area contributed by atoms with Crippen LogP contribution in [-0.2, 0) is 14.3 Å². The summed E-state index contributed by atoms with van der Waals surface area (Å²) in [6.07, 6.45) is 8.77. The zero-order chi connectivity index (χ0) is 18.3. The quantitative estimate of drug-likeness (QED) is 0.536.